The van der Waals surface area contributed by atoms with Gasteiger partial charge in [-0.15, -0.1) is 23.0 Å². The van der Waals surface area contributed by atoms with Crippen LogP contribution in [0.3, 0.4) is 0 Å². The number of aromatic nitrogens is 1. The van der Waals surface area contributed by atoms with Crippen molar-refractivity contribution in [1.82, 2.24) is 4.57 Å². The Balaban J connectivity index is 1.70. The summed E-state index contributed by atoms with van der Waals surface area (Å²) in [6, 6.07) is 19.8. The van der Waals surface area contributed by atoms with Crippen LogP contribution in [0.5, 0.6) is 11.5 Å². The molecule has 3 aromatic carbocycles. The number of allylic oxidation sites excluding steroid dienone is 1. The van der Waals surface area contributed by atoms with Crippen molar-refractivity contribution in [2.75, 3.05) is 7.11 Å². The van der Waals surface area contributed by atoms with Crippen molar-refractivity contribution in [2.45, 2.75) is 6.54 Å². The van der Waals surface area contributed by atoms with Crippen LogP contribution in [0.1, 0.15) is 5.56 Å². The molecule has 6 heteroatoms. The number of phenols is 1. The Morgan fingerprint density at radius 2 is 1.93 bits per heavy atom. The fraction of sp³-hybridized carbons (Fsp3) is 0.0833. The molecule has 0 saturated heterocycles. The molecule has 1 heterocycles. The Morgan fingerprint density at radius 3 is 2.73 bits per heavy atom. The van der Waals surface area contributed by atoms with Crippen LogP contribution in [0.2, 0.25) is 0 Å². The molecule has 0 aliphatic carbocycles. The van der Waals surface area contributed by atoms with Crippen LogP contribution in [0.15, 0.2) is 88.9 Å². The summed E-state index contributed by atoms with van der Waals surface area (Å²) in [4.78, 5) is 0.778. The predicted octanol–water partition coefficient (Wildman–Crippen LogP) is 5.20. The number of hydrogen-bond acceptors (Lipinski definition) is 5. The lowest BCUT2D eigenvalue weighted by Gasteiger charge is -2.07. The number of rotatable bonds is 6. The minimum absolute atomic E-state index is 0.0914. The molecule has 0 saturated carbocycles. The van der Waals surface area contributed by atoms with Crippen molar-refractivity contribution in [3.05, 3.63) is 89.1 Å². The van der Waals surface area contributed by atoms with Crippen LogP contribution >= 0.6 is 11.3 Å². The molecule has 4 aromatic rings. The van der Waals surface area contributed by atoms with Gasteiger partial charge in [0.05, 0.1) is 19.0 Å². The van der Waals surface area contributed by atoms with Gasteiger partial charge in [0.15, 0.2) is 11.5 Å². The van der Waals surface area contributed by atoms with E-state index in [1.807, 2.05) is 18.2 Å². The van der Waals surface area contributed by atoms with Gasteiger partial charge in [0, 0.05) is 11.9 Å². The zero-order chi connectivity index (χ0) is 20.9. The molecule has 30 heavy (non-hydrogen) atoms. The van der Waals surface area contributed by atoms with Gasteiger partial charge in [0.1, 0.15) is 0 Å². The maximum absolute atomic E-state index is 9.71. The second kappa shape index (κ2) is 8.80. The van der Waals surface area contributed by atoms with Gasteiger partial charge in [-0.05, 0) is 46.2 Å². The number of methoxy groups -OCH3 is 1. The van der Waals surface area contributed by atoms with E-state index in [9.17, 15) is 5.11 Å². The molecule has 0 aliphatic heterocycles. The van der Waals surface area contributed by atoms with E-state index in [1.54, 1.807) is 24.4 Å². The largest absolute Gasteiger partial charge is 0.504 e. The van der Waals surface area contributed by atoms with Crippen molar-refractivity contribution >= 4 is 28.3 Å². The number of ether oxygens (including phenoxy) is 1. The SMILES string of the molecule is C=CCn1c(-c2ccc3ccccc3c2)cs/c1=N\N=C/c1ccc(O)c(OC)c1. The van der Waals surface area contributed by atoms with Gasteiger partial charge in [-0.3, -0.25) is 0 Å². The van der Waals surface area contributed by atoms with Gasteiger partial charge in [-0.1, -0.05) is 42.5 Å². The molecule has 0 radical (unpaired) electrons. The van der Waals surface area contributed by atoms with Crippen LogP contribution in [0.4, 0.5) is 0 Å². The molecule has 5 nitrogen and oxygen atoms in total. The van der Waals surface area contributed by atoms with Gasteiger partial charge in [-0.2, -0.15) is 5.10 Å². The van der Waals surface area contributed by atoms with Crippen molar-refractivity contribution < 1.29 is 9.84 Å². The topological polar surface area (TPSA) is 59.1 Å². The maximum Gasteiger partial charge on any atom is 0.211 e. The highest BCUT2D eigenvalue weighted by atomic mass is 32.1. The van der Waals surface area contributed by atoms with Crippen molar-refractivity contribution in [3.8, 4) is 22.8 Å². The van der Waals surface area contributed by atoms with Gasteiger partial charge < -0.3 is 14.4 Å². The summed E-state index contributed by atoms with van der Waals surface area (Å²) in [6.45, 7) is 4.51. The number of thiazole rings is 1. The summed E-state index contributed by atoms with van der Waals surface area (Å²) in [5.41, 5.74) is 2.99. The quantitative estimate of drug-likeness (QED) is 0.267. The van der Waals surface area contributed by atoms with Gasteiger partial charge in [0.25, 0.3) is 0 Å². The summed E-state index contributed by atoms with van der Waals surface area (Å²) in [5, 5.41) is 22.8. The number of phenolic OH excluding ortho intramolecular Hbond substituents is 1. The Morgan fingerprint density at radius 1 is 1.10 bits per heavy atom. The van der Waals surface area contributed by atoms with E-state index >= 15 is 0 Å². The molecule has 0 unspecified atom stereocenters. The first-order valence-corrected chi connectivity index (χ1v) is 10.3. The van der Waals surface area contributed by atoms with Crippen LogP contribution in [-0.2, 0) is 6.54 Å². The lowest BCUT2D eigenvalue weighted by molar-refractivity contribution is 0.373. The van der Waals surface area contributed by atoms with Crippen LogP contribution in [-0.4, -0.2) is 23.0 Å². The summed E-state index contributed by atoms with van der Waals surface area (Å²) >= 11 is 1.53. The third-order valence-corrected chi connectivity index (χ3v) is 5.56. The first-order chi connectivity index (χ1) is 14.7. The number of benzene rings is 3. The highest BCUT2D eigenvalue weighted by Crippen LogP contribution is 2.26. The summed E-state index contributed by atoms with van der Waals surface area (Å²) in [7, 11) is 1.51. The lowest BCUT2D eigenvalue weighted by atomic mass is 10.1. The van der Waals surface area contributed by atoms with E-state index in [0.717, 1.165) is 21.6 Å². The fourth-order valence-electron chi connectivity index (χ4n) is 3.21. The number of aromatic hydroxyl groups is 1. The second-order valence-corrected chi connectivity index (χ2v) is 7.48. The summed E-state index contributed by atoms with van der Waals surface area (Å²) in [6.07, 6.45) is 3.49. The normalized spacial score (nSPS) is 12.0. The molecule has 0 amide bonds. The van der Waals surface area contributed by atoms with Gasteiger partial charge >= 0.3 is 0 Å². The molecule has 0 aliphatic rings. The lowest BCUT2D eigenvalue weighted by Crippen LogP contribution is -2.14. The number of nitrogens with zero attached hydrogens (tertiary/aromatic N) is 3. The number of fused-ring (bicyclic) bond motifs is 1. The average Bonchev–Trinajstić information content (AvgIpc) is 3.17. The molecule has 4 rings (SSSR count). The molecule has 0 fully saturated rings. The standard InChI is InChI=1S/C24H21N3O2S/c1-3-12-27-21(20-10-9-18-6-4-5-7-19(18)14-20)16-30-24(27)26-25-15-17-8-11-22(28)23(13-17)29-2/h3-11,13-16,28H,1,12H2,2H3/b25-15-,26-24-. The third kappa shape index (κ3) is 4.04. The van der Waals surface area contributed by atoms with E-state index in [-0.39, 0.29) is 5.75 Å². The monoisotopic (exact) mass is 415 g/mol. The molecule has 0 bridgehead atoms. The molecule has 1 aromatic heterocycles. The van der Waals surface area contributed by atoms with Crippen LogP contribution in [0.25, 0.3) is 22.0 Å². The molecular weight excluding hydrogens is 394 g/mol. The molecule has 150 valence electrons. The highest BCUT2D eigenvalue weighted by molar-refractivity contribution is 7.07. The summed E-state index contributed by atoms with van der Waals surface area (Å²) in [5.74, 6) is 0.490. The minimum Gasteiger partial charge on any atom is -0.504 e. The molecular formula is C24H21N3O2S. The first kappa shape index (κ1) is 19.7. The van der Waals surface area contributed by atoms with E-state index in [0.29, 0.717) is 12.3 Å². The van der Waals surface area contributed by atoms with Crippen molar-refractivity contribution in [1.29, 1.82) is 0 Å². The van der Waals surface area contributed by atoms with E-state index in [2.05, 4.69) is 57.1 Å². The minimum atomic E-state index is 0.0914. The second-order valence-electron chi connectivity index (χ2n) is 6.64. The van der Waals surface area contributed by atoms with E-state index < -0.39 is 0 Å². The third-order valence-electron chi connectivity index (χ3n) is 4.71. The Bertz CT molecular complexity index is 1300. The van der Waals surface area contributed by atoms with Crippen molar-refractivity contribution in [2.24, 2.45) is 10.2 Å². The molecule has 0 atom stereocenters. The summed E-state index contributed by atoms with van der Waals surface area (Å²) < 4.78 is 7.22. The van der Waals surface area contributed by atoms with E-state index in [1.165, 1.54) is 29.2 Å². The predicted molar refractivity (Wildman–Crippen MR) is 123 cm³/mol. The molecule has 1 N–H and O–H groups in total. The van der Waals surface area contributed by atoms with E-state index in [4.69, 9.17) is 4.74 Å². The van der Waals surface area contributed by atoms with Gasteiger partial charge in [0.2, 0.25) is 4.80 Å². The zero-order valence-electron chi connectivity index (χ0n) is 16.5. The smallest absolute Gasteiger partial charge is 0.211 e. The first-order valence-electron chi connectivity index (χ1n) is 9.42. The maximum atomic E-state index is 9.71. The Hall–Kier alpha value is -3.64. The molecule has 0 spiro atoms. The Kier molecular flexibility index (Phi) is 5.77. The van der Waals surface area contributed by atoms with Crippen molar-refractivity contribution in [3.63, 3.8) is 0 Å². The zero-order valence-corrected chi connectivity index (χ0v) is 17.3. The van der Waals surface area contributed by atoms with Gasteiger partial charge in [-0.25, -0.2) is 0 Å². The Labute approximate surface area is 178 Å². The van der Waals surface area contributed by atoms with Crippen LogP contribution in [0, 0.1) is 0 Å². The highest BCUT2D eigenvalue weighted by Gasteiger charge is 2.08. The number of hydrogen-bond donors (Lipinski definition) is 1. The van der Waals surface area contributed by atoms with Crippen LogP contribution < -0.4 is 9.54 Å². The fourth-order valence-corrected chi connectivity index (χ4v) is 4.09. The average molecular weight is 416 g/mol.